The standard InChI is InChI=1S/C11H24OSi/c1-3-5-7-11-8-6-10-13(11)12-9-4-2/h11,13H,3-10H2,1-2H3. The van der Waals surface area contributed by atoms with Gasteiger partial charge in [0.15, 0.2) is 9.04 Å². The minimum Gasteiger partial charge on any atom is -0.420 e. The summed E-state index contributed by atoms with van der Waals surface area (Å²) in [4.78, 5) is 0. The molecule has 0 radical (unpaired) electrons. The van der Waals surface area contributed by atoms with Crippen molar-refractivity contribution in [1.29, 1.82) is 0 Å². The highest BCUT2D eigenvalue weighted by molar-refractivity contribution is 6.54. The molecule has 0 saturated carbocycles. The Morgan fingerprint density at radius 2 is 2.15 bits per heavy atom. The van der Waals surface area contributed by atoms with E-state index in [1.807, 2.05) is 0 Å². The molecule has 1 rings (SSSR count). The van der Waals surface area contributed by atoms with Gasteiger partial charge in [0.25, 0.3) is 0 Å². The van der Waals surface area contributed by atoms with Crippen LogP contribution in [0.25, 0.3) is 0 Å². The predicted molar refractivity (Wildman–Crippen MR) is 60.7 cm³/mol. The molecule has 0 aromatic carbocycles. The van der Waals surface area contributed by atoms with E-state index >= 15 is 0 Å². The minimum absolute atomic E-state index is 0.745. The summed E-state index contributed by atoms with van der Waals surface area (Å²) in [7, 11) is -0.745. The summed E-state index contributed by atoms with van der Waals surface area (Å²) < 4.78 is 6.00. The summed E-state index contributed by atoms with van der Waals surface area (Å²) in [5.74, 6) is 0. The maximum absolute atomic E-state index is 6.00. The van der Waals surface area contributed by atoms with Gasteiger partial charge in [0.2, 0.25) is 0 Å². The van der Waals surface area contributed by atoms with Crippen LogP contribution in [0.15, 0.2) is 0 Å². The summed E-state index contributed by atoms with van der Waals surface area (Å²) in [5.41, 5.74) is 1.02. The molecule has 2 atom stereocenters. The highest BCUT2D eigenvalue weighted by atomic mass is 28.3. The summed E-state index contributed by atoms with van der Waals surface area (Å²) in [5, 5.41) is 0. The highest BCUT2D eigenvalue weighted by Gasteiger charge is 2.28. The van der Waals surface area contributed by atoms with Crippen LogP contribution in [-0.2, 0) is 4.43 Å². The van der Waals surface area contributed by atoms with E-state index in [0.717, 1.165) is 12.1 Å². The van der Waals surface area contributed by atoms with Gasteiger partial charge in [-0.25, -0.2) is 0 Å². The van der Waals surface area contributed by atoms with Crippen molar-refractivity contribution in [3.63, 3.8) is 0 Å². The molecule has 0 aliphatic carbocycles. The van der Waals surface area contributed by atoms with Crippen LogP contribution in [0.5, 0.6) is 0 Å². The molecule has 0 N–H and O–H groups in total. The first-order valence-corrected chi connectivity index (χ1v) is 7.95. The average Bonchev–Trinajstić information content (AvgIpc) is 2.59. The second-order valence-electron chi connectivity index (χ2n) is 4.24. The van der Waals surface area contributed by atoms with Crippen LogP contribution in [0.1, 0.15) is 52.4 Å². The van der Waals surface area contributed by atoms with Crippen LogP contribution in [-0.4, -0.2) is 15.6 Å². The molecule has 1 heterocycles. The third kappa shape index (κ3) is 3.82. The zero-order chi connectivity index (χ0) is 9.52. The normalized spacial score (nSPS) is 28.2. The Balaban J connectivity index is 2.18. The lowest BCUT2D eigenvalue weighted by Crippen LogP contribution is -2.20. The summed E-state index contributed by atoms with van der Waals surface area (Å²) in [6.45, 7) is 5.53. The van der Waals surface area contributed by atoms with E-state index in [1.54, 1.807) is 0 Å². The van der Waals surface area contributed by atoms with Crippen LogP contribution in [0.2, 0.25) is 11.6 Å². The second kappa shape index (κ2) is 6.60. The van der Waals surface area contributed by atoms with Crippen molar-refractivity contribution in [2.24, 2.45) is 0 Å². The average molecular weight is 200 g/mol. The van der Waals surface area contributed by atoms with Gasteiger partial charge in [0.05, 0.1) is 0 Å². The van der Waals surface area contributed by atoms with E-state index in [0.29, 0.717) is 0 Å². The van der Waals surface area contributed by atoms with Crippen LogP contribution < -0.4 is 0 Å². The Hall–Kier alpha value is 0.177. The monoisotopic (exact) mass is 200 g/mol. The zero-order valence-corrected chi connectivity index (χ0v) is 10.4. The number of hydrogen-bond donors (Lipinski definition) is 0. The molecular weight excluding hydrogens is 176 g/mol. The van der Waals surface area contributed by atoms with Crippen molar-refractivity contribution in [2.45, 2.75) is 64.0 Å². The first-order chi connectivity index (χ1) is 6.38. The van der Waals surface area contributed by atoms with Gasteiger partial charge in [0, 0.05) is 6.61 Å². The van der Waals surface area contributed by atoms with Gasteiger partial charge in [-0.3, -0.25) is 0 Å². The molecule has 1 fully saturated rings. The maximum atomic E-state index is 6.00. The van der Waals surface area contributed by atoms with E-state index in [4.69, 9.17) is 4.43 Å². The lowest BCUT2D eigenvalue weighted by Gasteiger charge is -2.17. The predicted octanol–water partition coefficient (Wildman–Crippen LogP) is 3.49. The molecule has 78 valence electrons. The first kappa shape index (κ1) is 11.3. The van der Waals surface area contributed by atoms with Gasteiger partial charge in [-0.1, -0.05) is 46.0 Å². The fourth-order valence-electron chi connectivity index (χ4n) is 2.29. The van der Waals surface area contributed by atoms with E-state index in [1.165, 1.54) is 44.6 Å². The van der Waals surface area contributed by atoms with Crippen LogP contribution in [0.4, 0.5) is 0 Å². The second-order valence-corrected chi connectivity index (χ2v) is 7.17. The first-order valence-electron chi connectivity index (χ1n) is 6.00. The summed E-state index contributed by atoms with van der Waals surface area (Å²) in [6, 6.07) is 1.45. The quantitative estimate of drug-likeness (QED) is 0.596. The Kier molecular flexibility index (Phi) is 5.72. The van der Waals surface area contributed by atoms with Crippen molar-refractivity contribution in [3.05, 3.63) is 0 Å². The van der Waals surface area contributed by atoms with E-state index in [2.05, 4.69) is 13.8 Å². The van der Waals surface area contributed by atoms with Gasteiger partial charge in [-0.15, -0.1) is 0 Å². The molecule has 1 nitrogen and oxygen atoms in total. The van der Waals surface area contributed by atoms with Crippen LogP contribution in [0.3, 0.4) is 0 Å². The lowest BCUT2D eigenvalue weighted by molar-refractivity contribution is 0.313. The summed E-state index contributed by atoms with van der Waals surface area (Å²) >= 11 is 0. The largest absolute Gasteiger partial charge is 0.420 e. The minimum atomic E-state index is -0.745. The molecule has 2 heteroatoms. The third-order valence-corrected chi connectivity index (χ3v) is 6.41. The number of rotatable bonds is 6. The molecule has 1 saturated heterocycles. The fraction of sp³-hybridized carbons (Fsp3) is 1.00. The van der Waals surface area contributed by atoms with Gasteiger partial charge >= 0.3 is 0 Å². The van der Waals surface area contributed by atoms with Gasteiger partial charge in [0.1, 0.15) is 0 Å². The van der Waals surface area contributed by atoms with Gasteiger partial charge < -0.3 is 4.43 Å². The van der Waals surface area contributed by atoms with E-state index in [-0.39, 0.29) is 0 Å². The Labute approximate surface area is 84.6 Å². The zero-order valence-electron chi connectivity index (χ0n) is 9.22. The van der Waals surface area contributed by atoms with Crippen LogP contribution >= 0.6 is 0 Å². The molecule has 0 bridgehead atoms. The Bertz CT molecular complexity index is 113. The van der Waals surface area contributed by atoms with E-state index < -0.39 is 9.04 Å². The molecule has 0 amide bonds. The van der Waals surface area contributed by atoms with Crippen molar-refractivity contribution in [2.75, 3.05) is 6.61 Å². The number of unbranched alkanes of at least 4 members (excludes halogenated alkanes) is 1. The van der Waals surface area contributed by atoms with Crippen molar-refractivity contribution in [1.82, 2.24) is 0 Å². The molecule has 13 heavy (non-hydrogen) atoms. The Morgan fingerprint density at radius 3 is 2.85 bits per heavy atom. The lowest BCUT2D eigenvalue weighted by atomic mass is 10.1. The summed E-state index contributed by atoms with van der Waals surface area (Å²) in [6.07, 6.45) is 8.35. The van der Waals surface area contributed by atoms with Gasteiger partial charge in [-0.2, -0.15) is 0 Å². The fourth-order valence-corrected chi connectivity index (χ4v) is 5.59. The molecular formula is C11H24OSi. The smallest absolute Gasteiger partial charge is 0.179 e. The third-order valence-electron chi connectivity index (χ3n) is 3.05. The molecule has 2 unspecified atom stereocenters. The Morgan fingerprint density at radius 1 is 1.31 bits per heavy atom. The van der Waals surface area contributed by atoms with E-state index in [9.17, 15) is 0 Å². The van der Waals surface area contributed by atoms with Crippen molar-refractivity contribution < 1.29 is 4.43 Å². The molecule has 0 spiro atoms. The topological polar surface area (TPSA) is 9.23 Å². The highest BCUT2D eigenvalue weighted by Crippen LogP contribution is 2.35. The van der Waals surface area contributed by atoms with Crippen LogP contribution in [0, 0.1) is 0 Å². The van der Waals surface area contributed by atoms with Crippen molar-refractivity contribution in [3.8, 4) is 0 Å². The molecule has 1 aliphatic heterocycles. The SMILES string of the molecule is CCCCC1CCC[SiH]1OCCC. The molecule has 1 aliphatic rings. The number of hydrogen-bond acceptors (Lipinski definition) is 1. The molecule has 0 aromatic heterocycles. The van der Waals surface area contributed by atoms with Gasteiger partial charge in [-0.05, 0) is 18.0 Å². The maximum Gasteiger partial charge on any atom is 0.179 e. The molecule has 0 aromatic rings. The van der Waals surface area contributed by atoms with Crippen molar-refractivity contribution >= 4 is 9.04 Å².